The molecule has 1 rings (SSSR count). The molecule has 0 aromatic carbocycles. The standard InChI is InChI=1S/C12H17NO2/c1-3-4-5-9-15-10-12(14)11-7-6-8-13(11)2/h3,6-8H,1,4-5,9-10H2,2H3. The topological polar surface area (TPSA) is 31.2 Å². The first-order chi connectivity index (χ1) is 7.25. The highest BCUT2D eigenvalue weighted by Crippen LogP contribution is 2.01. The molecule has 0 aliphatic carbocycles. The van der Waals surface area contributed by atoms with Gasteiger partial charge in [0.15, 0.2) is 0 Å². The first kappa shape index (κ1) is 11.7. The van der Waals surface area contributed by atoms with Gasteiger partial charge in [0, 0.05) is 19.9 Å². The third-order valence-corrected chi connectivity index (χ3v) is 2.16. The Morgan fingerprint density at radius 1 is 1.67 bits per heavy atom. The van der Waals surface area contributed by atoms with Crippen molar-refractivity contribution < 1.29 is 9.53 Å². The van der Waals surface area contributed by atoms with Crippen LogP contribution in [0.1, 0.15) is 23.3 Å². The maximum atomic E-state index is 11.6. The van der Waals surface area contributed by atoms with Gasteiger partial charge in [-0.3, -0.25) is 4.79 Å². The van der Waals surface area contributed by atoms with E-state index in [4.69, 9.17) is 4.74 Å². The SMILES string of the molecule is C=CCCCOCC(=O)c1cccn1C. The number of aryl methyl sites for hydroxylation is 1. The van der Waals surface area contributed by atoms with Crippen molar-refractivity contribution in [2.45, 2.75) is 12.8 Å². The van der Waals surface area contributed by atoms with E-state index in [1.165, 1.54) is 0 Å². The van der Waals surface area contributed by atoms with Crippen LogP contribution in [-0.2, 0) is 11.8 Å². The van der Waals surface area contributed by atoms with Crippen molar-refractivity contribution >= 4 is 5.78 Å². The second-order valence-corrected chi connectivity index (χ2v) is 3.41. The molecule has 0 unspecified atom stereocenters. The van der Waals surface area contributed by atoms with Gasteiger partial charge in [-0.2, -0.15) is 0 Å². The number of ketones is 1. The van der Waals surface area contributed by atoms with Crippen LogP contribution in [0.15, 0.2) is 31.0 Å². The van der Waals surface area contributed by atoms with Gasteiger partial charge in [-0.1, -0.05) is 6.08 Å². The molecule has 1 heterocycles. The van der Waals surface area contributed by atoms with E-state index >= 15 is 0 Å². The average molecular weight is 207 g/mol. The summed E-state index contributed by atoms with van der Waals surface area (Å²) in [5.41, 5.74) is 0.693. The molecule has 0 bridgehead atoms. The minimum absolute atomic E-state index is 0.0288. The van der Waals surface area contributed by atoms with Crippen LogP contribution in [0.3, 0.4) is 0 Å². The molecule has 1 aromatic heterocycles. The minimum atomic E-state index is 0.0288. The maximum Gasteiger partial charge on any atom is 0.204 e. The van der Waals surface area contributed by atoms with Crippen molar-refractivity contribution in [3.63, 3.8) is 0 Å². The second-order valence-electron chi connectivity index (χ2n) is 3.41. The first-order valence-corrected chi connectivity index (χ1v) is 5.09. The van der Waals surface area contributed by atoms with Crippen molar-refractivity contribution in [2.75, 3.05) is 13.2 Å². The molecule has 0 saturated carbocycles. The number of rotatable bonds is 7. The van der Waals surface area contributed by atoms with E-state index in [-0.39, 0.29) is 12.4 Å². The molecule has 0 aliphatic rings. The van der Waals surface area contributed by atoms with Gasteiger partial charge in [-0.15, -0.1) is 6.58 Å². The van der Waals surface area contributed by atoms with Crippen LogP contribution in [0.4, 0.5) is 0 Å². The van der Waals surface area contributed by atoms with Crippen molar-refractivity contribution in [1.82, 2.24) is 4.57 Å². The van der Waals surface area contributed by atoms with Gasteiger partial charge in [0.2, 0.25) is 5.78 Å². The van der Waals surface area contributed by atoms with E-state index < -0.39 is 0 Å². The van der Waals surface area contributed by atoms with Gasteiger partial charge in [0.1, 0.15) is 6.61 Å². The summed E-state index contributed by atoms with van der Waals surface area (Å²) in [4.78, 5) is 11.6. The maximum absolute atomic E-state index is 11.6. The predicted octanol–water partition coefficient (Wildman–Crippen LogP) is 2.19. The second kappa shape index (κ2) is 6.19. The monoisotopic (exact) mass is 207 g/mol. The number of ether oxygens (including phenoxy) is 1. The molecule has 0 amide bonds. The predicted molar refractivity (Wildman–Crippen MR) is 60.0 cm³/mol. The molecule has 1 aromatic rings. The molecule has 0 radical (unpaired) electrons. The van der Waals surface area contributed by atoms with Crippen LogP contribution in [0.25, 0.3) is 0 Å². The lowest BCUT2D eigenvalue weighted by molar-refractivity contribution is 0.0749. The third-order valence-electron chi connectivity index (χ3n) is 2.16. The van der Waals surface area contributed by atoms with Crippen molar-refractivity contribution in [2.24, 2.45) is 7.05 Å². The van der Waals surface area contributed by atoms with Crippen LogP contribution in [0, 0.1) is 0 Å². The van der Waals surface area contributed by atoms with Crippen LogP contribution < -0.4 is 0 Å². The lowest BCUT2D eigenvalue weighted by atomic mass is 10.3. The summed E-state index contributed by atoms with van der Waals surface area (Å²) in [7, 11) is 1.85. The fraction of sp³-hybridized carbons (Fsp3) is 0.417. The van der Waals surface area contributed by atoms with Gasteiger partial charge in [0.25, 0.3) is 0 Å². The molecule has 3 nitrogen and oxygen atoms in total. The summed E-state index contributed by atoms with van der Waals surface area (Å²) < 4.78 is 7.07. The van der Waals surface area contributed by atoms with Crippen molar-refractivity contribution in [3.05, 3.63) is 36.7 Å². The van der Waals surface area contributed by atoms with E-state index in [9.17, 15) is 4.79 Å². The van der Waals surface area contributed by atoms with E-state index in [1.54, 1.807) is 10.6 Å². The highest BCUT2D eigenvalue weighted by Gasteiger charge is 2.08. The smallest absolute Gasteiger partial charge is 0.204 e. The van der Waals surface area contributed by atoms with Crippen molar-refractivity contribution in [3.8, 4) is 0 Å². The van der Waals surface area contributed by atoms with Crippen LogP contribution in [-0.4, -0.2) is 23.6 Å². The molecule has 82 valence electrons. The number of nitrogens with zero attached hydrogens (tertiary/aromatic N) is 1. The zero-order valence-corrected chi connectivity index (χ0v) is 9.11. The van der Waals surface area contributed by atoms with Crippen LogP contribution >= 0.6 is 0 Å². The minimum Gasteiger partial charge on any atom is -0.373 e. The lowest BCUT2D eigenvalue weighted by Crippen LogP contribution is -2.13. The largest absolute Gasteiger partial charge is 0.373 e. The molecule has 3 heteroatoms. The van der Waals surface area contributed by atoms with Crippen LogP contribution in [0.2, 0.25) is 0 Å². The molecular formula is C12H17NO2. The van der Waals surface area contributed by atoms with Crippen molar-refractivity contribution in [1.29, 1.82) is 0 Å². The highest BCUT2D eigenvalue weighted by molar-refractivity contribution is 5.95. The van der Waals surface area contributed by atoms with E-state index in [0.29, 0.717) is 12.3 Å². The summed E-state index contributed by atoms with van der Waals surface area (Å²) in [6, 6.07) is 3.65. The van der Waals surface area contributed by atoms with E-state index in [2.05, 4.69) is 6.58 Å². The molecular weight excluding hydrogens is 190 g/mol. The van der Waals surface area contributed by atoms with Gasteiger partial charge in [-0.05, 0) is 25.0 Å². The zero-order chi connectivity index (χ0) is 11.1. The molecule has 0 atom stereocenters. The summed E-state index contributed by atoms with van der Waals surface area (Å²) in [6.45, 7) is 4.39. The van der Waals surface area contributed by atoms with E-state index in [1.807, 2.05) is 25.4 Å². The van der Waals surface area contributed by atoms with E-state index in [0.717, 1.165) is 12.8 Å². The number of hydrogen-bond acceptors (Lipinski definition) is 2. The van der Waals surface area contributed by atoms with Gasteiger partial charge in [-0.25, -0.2) is 0 Å². The number of hydrogen-bond donors (Lipinski definition) is 0. The summed E-state index contributed by atoms with van der Waals surface area (Å²) in [5, 5.41) is 0. The third kappa shape index (κ3) is 3.72. The van der Waals surface area contributed by atoms with Crippen LogP contribution in [0.5, 0.6) is 0 Å². The number of unbranched alkanes of at least 4 members (excludes halogenated alkanes) is 1. The number of Topliss-reactive ketones (excluding diaryl/α,β-unsaturated/α-hetero) is 1. The quantitative estimate of drug-likeness (QED) is 0.390. The number of carbonyl (C=O) groups excluding carboxylic acids is 1. The Balaban J connectivity index is 2.25. The fourth-order valence-corrected chi connectivity index (χ4v) is 1.32. The Morgan fingerprint density at radius 3 is 3.07 bits per heavy atom. The molecule has 0 fully saturated rings. The summed E-state index contributed by atoms with van der Waals surface area (Å²) >= 11 is 0. The first-order valence-electron chi connectivity index (χ1n) is 5.09. The highest BCUT2D eigenvalue weighted by atomic mass is 16.5. The number of carbonyl (C=O) groups is 1. The number of aromatic nitrogens is 1. The number of allylic oxidation sites excluding steroid dienone is 1. The van der Waals surface area contributed by atoms with Gasteiger partial charge >= 0.3 is 0 Å². The average Bonchev–Trinajstić information content (AvgIpc) is 2.64. The van der Waals surface area contributed by atoms with Gasteiger partial charge < -0.3 is 9.30 Å². The lowest BCUT2D eigenvalue weighted by Gasteiger charge is -2.03. The Hall–Kier alpha value is -1.35. The Kier molecular flexibility index (Phi) is 4.84. The fourth-order valence-electron chi connectivity index (χ4n) is 1.32. The summed E-state index contributed by atoms with van der Waals surface area (Å²) in [5.74, 6) is 0.0288. The van der Waals surface area contributed by atoms with Gasteiger partial charge in [0.05, 0.1) is 5.69 Å². The molecule has 15 heavy (non-hydrogen) atoms. The molecule has 0 N–H and O–H groups in total. The Morgan fingerprint density at radius 2 is 2.47 bits per heavy atom. The normalized spacial score (nSPS) is 10.2. The zero-order valence-electron chi connectivity index (χ0n) is 9.11. The molecule has 0 saturated heterocycles. The Labute approximate surface area is 90.4 Å². The molecule has 0 aliphatic heterocycles. The molecule has 0 spiro atoms. The summed E-state index contributed by atoms with van der Waals surface area (Å²) in [6.07, 6.45) is 5.55. The Bertz CT molecular complexity index is 328.